The number of nitrogens with one attached hydrogen (secondary N) is 2. The summed E-state index contributed by atoms with van der Waals surface area (Å²) in [4.78, 5) is 11.8. The zero-order valence-corrected chi connectivity index (χ0v) is 16.8. The van der Waals surface area contributed by atoms with Crippen LogP contribution in [0.15, 0.2) is 24.3 Å². The average molecular weight is 365 g/mol. The fourth-order valence-corrected chi connectivity index (χ4v) is 2.50. The monoisotopic (exact) mass is 364 g/mol. The molecule has 1 amide bonds. The molecule has 0 aliphatic carbocycles. The summed E-state index contributed by atoms with van der Waals surface area (Å²) in [5, 5.41) is 6.17. The van der Waals surface area contributed by atoms with E-state index in [2.05, 4.69) is 50.5 Å². The molecule has 1 aromatic rings. The first kappa shape index (κ1) is 21.4. The first-order valence-electron chi connectivity index (χ1n) is 9.14. The lowest BCUT2D eigenvalue weighted by Gasteiger charge is -2.19. The number of carbonyl (C=O) groups is 1. The molecule has 1 rings (SSSR count). The molecule has 4 nitrogen and oxygen atoms in total. The highest BCUT2D eigenvalue weighted by Gasteiger charge is 2.13. The van der Waals surface area contributed by atoms with Crippen LogP contribution in [0.2, 0.25) is 0 Å². The van der Waals surface area contributed by atoms with Crippen LogP contribution < -0.4 is 15.4 Å². The molecule has 0 unspecified atom stereocenters. The SMILES string of the molecule is CCCCCNC(=S)NC(=O)CCCOc1ccc(C(C)(C)C)cc1. The van der Waals surface area contributed by atoms with Gasteiger partial charge in [-0.25, -0.2) is 0 Å². The van der Waals surface area contributed by atoms with Gasteiger partial charge in [-0.15, -0.1) is 0 Å². The van der Waals surface area contributed by atoms with Gasteiger partial charge in [0.05, 0.1) is 6.61 Å². The predicted octanol–water partition coefficient (Wildman–Crippen LogP) is 4.32. The highest BCUT2D eigenvalue weighted by molar-refractivity contribution is 7.80. The Kier molecular flexibility index (Phi) is 9.50. The second-order valence-corrected chi connectivity index (χ2v) is 7.65. The lowest BCUT2D eigenvalue weighted by molar-refractivity contribution is -0.119. The number of ether oxygens (including phenoxy) is 1. The minimum Gasteiger partial charge on any atom is -0.494 e. The fraction of sp³-hybridized carbons (Fsp3) is 0.600. The van der Waals surface area contributed by atoms with Crippen LogP contribution in [-0.4, -0.2) is 24.2 Å². The van der Waals surface area contributed by atoms with E-state index >= 15 is 0 Å². The van der Waals surface area contributed by atoms with Crippen LogP contribution in [0.1, 0.15) is 65.4 Å². The number of amides is 1. The van der Waals surface area contributed by atoms with Crippen LogP contribution >= 0.6 is 12.2 Å². The largest absolute Gasteiger partial charge is 0.494 e. The third kappa shape index (κ3) is 9.44. The molecule has 0 saturated carbocycles. The molecule has 0 aliphatic rings. The molecular formula is C20H32N2O2S. The molecule has 0 fully saturated rings. The van der Waals surface area contributed by atoms with Crippen LogP contribution in [0.3, 0.4) is 0 Å². The third-order valence-electron chi connectivity index (χ3n) is 3.86. The van der Waals surface area contributed by atoms with Gasteiger partial charge in [-0.05, 0) is 48.2 Å². The van der Waals surface area contributed by atoms with Gasteiger partial charge >= 0.3 is 0 Å². The summed E-state index contributed by atoms with van der Waals surface area (Å²) >= 11 is 5.10. The normalized spacial score (nSPS) is 11.0. The van der Waals surface area contributed by atoms with Gasteiger partial charge in [0, 0.05) is 13.0 Å². The molecule has 0 aliphatic heterocycles. The maximum atomic E-state index is 11.8. The fourth-order valence-electron chi connectivity index (χ4n) is 2.28. The molecule has 0 spiro atoms. The zero-order chi connectivity index (χ0) is 18.7. The summed E-state index contributed by atoms with van der Waals surface area (Å²) in [6.45, 7) is 10.0. The third-order valence-corrected chi connectivity index (χ3v) is 4.10. The Morgan fingerprint density at radius 2 is 1.80 bits per heavy atom. The second-order valence-electron chi connectivity index (χ2n) is 7.24. The lowest BCUT2D eigenvalue weighted by Crippen LogP contribution is -2.39. The first-order valence-corrected chi connectivity index (χ1v) is 9.54. The van der Waals surface area contributed by atoms with Crippen molar-refractivity contribution in [1.82, 2.24) is 10.6 Å². The van der Waals surface area contributed by atoms with Crippen molar-refractivity contribution in [1.29, 1.82) is 0 Å². The minimum absolute atomic E-state index is 0.0697. The van der Waals surface area contributed by atoms with Gasteiger partial charge in [-0.3, -0.25) is 4.79 Å². The van der Waals surface area contributed by atoms with Crippen molar-refractivity contribution in [3.8, 4) is 5.75 Å². The van der Waals surface area contributed by atoms with E-state index < -0.39 is 0 Å². The summed E-state index contributed by atoms with van der Waals surface area (Å²) in [7, 11) is 0. The van der Waals surface area contributed by atoms with E-state index in [0.29, 0.717) is 24.6 Å². The topological polar surface area (TPSA) is 50.4 Å². The van der Waals surface area contributed by atoms with Crippen LogP contribution in [-0.2, 0) is 10.2 Å². The number of hydrogen-bond acceptors (Lipinski definition) is 3. The lowest BCUT2D eigenvalue weighted by atomic mass is 9.87. The van der Waals surface area contributed by atoms with Gasteiger partial charge in [0.25, 0.3) is 0 Å². The molecule has 0 aromatic heterocycles. The van der Waals surface area contributed by atoms with E-state index in [9.17, 15) is 4.79 Å². The molecule has 0 radical (unpaired) electrons. The number of hydrogen-bond donors (Lipinski definition) is 2. The van der Waals surface area contributed by atoms with Crippen molar-refractivity contribution in [2.75, 3.05) is 13.2 Å². The van der Waals surface area contributed by atoms with E-state index in [1.54, 1.807) is 0 Å². The molecule has 2 N–H and O–H groups in total. The number of carbonyl (C=O) groups excluding carboxylic acids is 1. The quantitative estimate of drug-likeness (QED) is 0.506. The van der Waals surface area contributed by atoms with Gasteiger partial charge in [-0.1, -0.05) is 52.7 Å². The average Bonchev–Trinajstić information content (AvgIpc) is 2.55. The van der Waals surface area contributed by atoms with E-state index in [-0.39, 0.29) is 11.3 Å². The summed E-state index contributed by atoms with van der Waals surface area (Å²) in [5.74, 6) is 0.765. The van der Waals surface area contributed by atoms with Crippen molar-refractivity contribution < 1.29 is 9.53 Å². The Labute approximate surface area is 157 Å². The highest BCUT2D eigenvalue weighted by Crippen LogP contribution is 2.24. The van der Waals surface area contributed by atoms with Crippen molar-refractivity contribution in [2.45, 2.75) is 65.2 Å². The Hall–Kier alpha value is -1.62. The summed E-state index contributed by atoms with van der Waals surface area (Å²) in [5.41, 5.74) is 1.42. The number of thiocarbonyl (C=S) groups is 1. The van der Waals surface area contributed by atoms with Gasteiger partial charge in [0.2, 0.25) is 5.91 Å². The van der Waals surface area contributed by atoms with Gasteiger partial charge < -0.3 is 15.4 Å². The molecule has 25 heavy (non-hydrogen) atoms. The Bertz CT molecular complexity index is 536. The standard InChI is InChI=1S/C20H32N2O2S/c1-5-6-7-14-21-19(25)22-18(23)9-8-15-24-17-12-10-16(11-13-17)20(2,3)4/h10-13H,5-9,14-15H2,1-4H3,(H2,21,22,23,25). The molecule has 0 bridgehead atoms. The molecular weight excluding hydrogens is 332 g/mol. The van der Waals surface area contributed by atoms with E-state index in [1.165, 1.54) is 12.0 Å². The summed E-state index contributed by atoms with van der Waals surface area (Å²) in [6, 6.07) is 8.14. The van der Waals surface area contributed by atoms with Crippen molar-refractivity contribution in [3.63, 3.8) is 0 Å². The Morgan fingerprint density at radius 1 is 1.12 bits per heavy atom. The van der Waals surface area contributed by atoms with Crippen molar-refractivity contribution in [3.05, 3.63) is 29.8 Å². The highest BCUT2D eigenvalue weighted by atomic mass is 32.1. The van der Waals surface area contributed by atoms with E-state index in [0.717, 1.165) is 25.1 Å². The van der Waals surface area contributed by atoms with Crippen molar-refractivity contribution >= 4 is 23.2 Å². The Morgan fingerprint density at radius 3 is 2.40 bits per heavy atom. The molecule has 5 heteroatoms. The molecule has 0 heterocycles. The zero-order valence-electron chi connectivity index (χ0n) is 16.0. The Balaban J connectivity index is 2.18. The van der Waals surface area contributed by atoms with Crippen LogP contribution in [0.4, 0.5) is 0 Å². The summed E-state index contributed by atoms with van der Waals surface area (Å²) in [6.07, 6.45) is 4.45. The maximum Gasteiger partial charge on any atom is 0.226 e. The van der Waals surface area contributed by atoms with Gasteiger partial charge in [0.15, 0.2) is 5.11 Å². The predicted molar refractivity (Wildman–Crippen MR) is 108 cm³/mol. The van der Waals surface area contributed by atoms with Crippen molar-refractivity contribution in [2.24, 2.45) is 0 Å². The smallest absolute Gasteiger partial charge is 0.226 e. The number of benzene rings is 1. The van der Waals surface area contributed by atoms with Crippen LogP contribution in [0.25, 0.3) is 0 Å². The molecule has 0 saturated heterocycles. The first-order chi connectivity index (χ1) is 11.8. The molecule has 1 aromatic carbocycles. The molecule has 140 valence electrons. The van der Waals surface area contributed by atoms with Crippen LogP contribution in [0.5, 0.6) is 5.75 Å². The second kappa shape index (κ2) is 11.1. The number of rotatable bonds is 9. The van der Waals surface area contributed by atoms with E-state index in [4.69, 9.17) is 17.0 Å². The van der Waals surface area contributed by atoms with Crippen LogP contribution in [0, 0.1) is 0 Å². The van der Waals surface area contributed by atoms with Gasteiger partial charge in [0.1, 0.15) is 5.75 Å². The number of unbranched alkanes of at least 4 members (excludes halogenated alkanes) is 2. The van der Waals surface area contributed by atoms with Gasteiger partial charge in [-0.2, -0.15) is 0 Å². The molecule has 0 atom stereocenters. The minimum atomic E-state index is -0.0697. The maximum absolute atomic E-state index is 11.8. The van der Waals surface area contributed by atoms with E-state index in [1.807, 2.05) is 12.1 Å². The summed E-state index contributed by atoms with van der Waals surface area (Å²) < 4.78 is 5.69.